The average Bonchev–Trinajstić information content (AvgIpc) is 3.37. The van der Waals surface area contributed by atoms with E-state index in [-0.39, 0.29) is 12.0 Å². The standard InChI is InChI=1S/C19H22N4O2S/c1-3-23-16(8-9-20-23)18(24)22(12-14-5-4-10-25-14)19-21-15-7-6-13(2)11-17(15)26-19/h6-9,11,14H,3-5,10,12H2,1-2H3. The van der Waals surface area contributed by atoms with E-state index in [1.165, 1.54) is 5.56 Å². The summed E-state index contributed by atoms with van der Waals surface area (Å²) in [6.45, 7) is 5.98. The van der Waals surface area contributed by atoms with Crippen LogP contribution in [0.1, 0.15) is 35.8 Å². The molecule has 7 heteroatoms. The van der Waals surface area contributed by atoms with Crippen molar-refractivity contribution in [2.24, 2.45) is 0 Å². The Hall–Kier alpha value is -2.25. The van der Waals surface area contributed by atoms with Crippen molar-refractivity contribution in [1.82, 2.24) is 14.8 Å². The van der Waals surface area contributed by atoms with E-state index in [4.69, 9.17) is 9.72 Å². The molecule has 0 saturated carbocycles. The van der Waals surface area contributed by atoms with E-state index in [0.29, 0.717) is 18.8 Å². The third kappa shape index (κ3) is 3.24. The second kappa shape index (κ2) is 7.17. The highest BCUT2D eigenvalue weighted by Crippen LogP contribution is 2.31. The van der Waals surface area contributed by atoms with Crippen molar-refractivity contribution in [1.29, 1.82) is 0 Å². The summed E-state index contributed by atoms with van der Waals surface area (Å²) in [5.41, 5.74) is 2.69. The van der Waals surface area contributed by atoms with Crippen LogP contribution in [0.2, 0.25) is 0 Å². The van der Waals surface area contributed by atoms with Gasteiger partial charge in [-0.25, -0.2) is 4.98 Å². The molecule has 2 aromatic heterocycles. The predicted octanol–water partition coefficient (Wildman–Crippen LogP) is 3.65. The van der Waals surface area contributed by atoms with E-state index in [9.17, 15) is 4.79 Å². The quantitative estimate of drug-likeness (QED) is 0.688. The van der Waals surface area contributed by atoms with Gasteiger partial charge in [0, 0.05) is 19.3 Å². The average molecular weight is 370 g/mol. The van der Waals surface area contributed by atoms with Crippen LogP contribution in [-0.2, 0) is 11.3 Å². The lowest BCUT2D eigenvalue weighted by Gasteiger charge is -2.23. The lowest BCUT2D eigenvalue weighted by molar-refractivity contribution is 0.0908. The summed E-state index contributed by atoms with van der Waals surface area (Å²) in [5, 5.41) is 4.96. The largest absolute Gasteiger partial charge is 0.376 e. The van der Waals surface area contributed by atoms with Gasteiger partial charge in [0.2, 0.25) is 0 Å². The Morgan fingerprint density at radius 3 is 3.08 bits per heavy atom. The second-order valence-electron chi connectivity index (χ2n) is 6.55. The lowest BCUT2D eigenvalue weighted by atomic mass is 10.2. The van der Waals surface area contributed by atoms with Gasteiger partial charge in [0.05, 0.1) is 22.9 Å². The number of carbonyl (C=O) groups is 1. The summed E-state index contributed by atoms with van der Waals surface area (Å²) in [7, 11) is 0. The summed E-state index contributed by atoms with van der Waals surface area (Å²) >= 11 is 1.55. The van der Waals surface area contributed by atoms with Crippen molar-refractivity contribution < 1.29 is 9.53 Å². The number of fused-ring (bicyclic) bond motifs is 1. The third-order valence-corrected chi connectivity index (χ3v) is 5.70. The van der Waals surface area contributed by atoms with Crippen molar-refractivity contribution in [3.05, 3.63) is 41.7 Å². The molecule has 1 atom stereocenters. The van der Waals surface area contributed by atoms with E-state index in [1.807, 2.05) is 19.1 Å². The Kier molecular flexibility index (Phi) is 4.74. The van der Waals surface area contributed by atoms with Gasteiger partial charge in [-0.1, -0.05) is 17.4 Å². The maximum Gasteiger partial charge on any atom is 0.278 e. The number of aromatic nitrogens is 3. The van der Waals surface area contributed by atoms with Gasteiger partial charge in [0.1, 0.15) is 5.69 Å². The minimum absolute atomic E-state index is 0.0608. The topological polar surface area (TPSA) is 60.2 Å². The molecule has 136 valence electrons. The molecular formula is C19H22N4O2S. The van der Waals surface area contributed by atoms with Crippen molar-refractivity contribution in [2.45, 2.75) is 39.3 Å². The molecule has 4 rings (SSSR count). The fraction of sp³-hybridized carbons (Fsp3) is 0.421. The number of benzene rings is 1. The molecule has 1 saturated heterocycles. The Morgan fingerprint density at radius 1 is 1.42 bits per heavy atom. The Bertz CT molecular complexity index is 927. The third-order valence-electron chi connectivity index (χ3n) is 4.65. The molecular weight excluding hydrogens is 348 g/mol. The molecule has 6 nitrogen and oxygen atoms in total. The van der Waals surface area contributed by atoms with E-state index in [1.54, 1.807) is 33.2 Å². The van der Waals surface area contributed by atoms with Crippen LogP contribution in [0.5, 0.6) is 0 Å². The van der Waals surface area contributed by atoms with Crippen LogP contribution < -0.4 is 4.90 Å². The minimum atomic E-state index is -0.0735. The van der Waals surface area contributed by atoms with Gasteiger partial charge < -0.3 is 4.74 Å². The van der Waals surface area contributed by atoms with Gasteiger partial charge >= 0.3 is 0 Å². The maximum atomic E-state index is 13.3. The molecule has 0 radical (unpaired) electrons. The molecule has 1 aliphatic heterocycles. The minimum Gasteiger partial charge on any atom is -0.376 e. The summed E-state index contributed by atoms with van der Waals surface area (Å²) < 4.78 is 8.60. The number of anilines is 1. The zero-order chi connectivity index (χ0) is 18.1. The van der Waals surface area contributed by atoms with Gasteiger partial charge in [-0.2, -0.15) is 5.10 Å². The molecule has 1 amide bonds. The van der Waals surface area contributed by atoms with Crippen LogP contribution in [0.3, 0.4) is 0 Å². The molecule has 1 fully saturated rings. The fourth-order valence-corrected chi connectivity index (χ4v) is 4.35. The van der Waals surface area contributed by atoms with Gasteiger partial charge in [-0.3, -0.25) is 14.4 Å². The molecule has 0 N–H and O–H groups in total. The first-order chi connectivity index (χ1) is 12.7. The SMILES string of the molecule is CCn1nccc1C(=O)N(CC1CCCO1)c1nc2ccc(C)cc2s1. The van der Waals surface area contributed by atoms with Crippen molar-refractivity contribution >= 4 is 32.6 Å². The van der Waals surface area contributed by atoms with Crippen LogP contribution in [0.4, 0.5) is 5.13 Å². The van der Waals surface area contributed by atoms with E-state index in [2.05, 4.69) is 18.1 Å². The number of nitrogens with zero attached hydrogens (tertiary/aromatic N) is 4. The molecule has 1 aliphatic rings. The second-order valence-corrected chi connectivity index (χ2v) is 7.56. The first-order valence-corrected chi connectivity index (χ1v) is 9.80. The van der Waals surface area contributed by atoms with Crippen LogP contribution >= 0.6 is 11.3 Å². The number of hydrogen-bond acceptors (Lipinski definition) is 5. The van der Waals surface area contributed by atoms with E-state index < -0.39 is 0 Å². The fourth-order valence-electron chi connectivity index (χ4n) is 3.28. The summed E-state index contributed by atoms with van der Waals surface area (Å²) in [6, 6.07) is 7.94. The van der Waals surface area contributed by atoms with Crippen LogP contribution in [0, 0.1) is 6.92 Å². The number of ether oxygens (including phenoxy) is 1. The predicted molar refractivity (Wildman–Crippen MR) is 103 cm³/mol. The summed E-state index contributed by atoms with van der Waals surface area (Å²) in [4.78, 5) is 19.8. The monoisotopic (exact) mass is 370 g/mol. The first-order valence-electron chi connectivity index (χ1n) is 8.98. The van der Waals surface area contributed by atoms with Crippen LogP contribution in [-0.4, -0.2) is 39.9 Å². The molecule has 0 bridgehead atoms. The highest BCUT2D eigenvalue weighted by Gasteiger charge is 2.28. The van der Waals surface area contributed by atoms with Crippen LogP contribution in [0.25, 0.3) is 10.2 Å². The molecule has 0 spiro atoms. The molecule has 1 unspecified atom stereocenters. The van der Waals surface area contributed by atoms with Gasteiger partial charge in [-0.15, -0.1) is 0 Å². The van der Waals surface area contributed by atoms with Crippen molar-refractivity contribution in [3.8, 4) is 0 Å². The van der Waals surface area contributed by atoms with E-state index >= 15 is 0 Å². The molecule has 1 aromatic carbocycles. The highest BCUT2D eigenvalue weighted by atomic mass is 32.1. The zero-order valence-corrected chi connectivity index (χ0v) is 15.8. The first kappa shape index (κ1) is 17.2. The van der Waals surface area contributed by atoms with Gasteiger partial charge in [0.25, 0.3) is 5.91 Å². The van der Waals surface area contributed by atoms with E-state index in [0.717, 1.165) is 34.8 Å². The van der Waals surface area contributed by atoms with Crippen molar-refractivity contribution in [2.75, 3.05) is 18.1 Å². The van der Waals surface area contributed by atoms with Gasteiger partial charge in [0.15, 0.2) is 5.13 Å². The normalized spacial score (nSPS) is 17.1. The Labute approximate surface area is 156 Å². The highest BCUT2D eigenvalue weighted by molar-refractivity contribution is 7.22. The van der Waals surface area contributed by atoms with Crippen LogP contribution in [0.15, 0.2) is 30.5 Å². The number of carbonyl (C=O) groups excluding carboxylic acids is 1. The lowest BCUT2D eigenvalue weighted by Crippen LogP contribution is -2.38. The maximum absolute atomic E-state index is 13.3. The summed E-state index contributed by atoms with van der Waals surface area (Å²) in [5.74, 6) is -0.0735. The summed E-state index contributed by atoms with van der Waals surface area (Å²) in [6.07, 6.45) is 3.74. The number of thiazole rings is 1. The Balaban J connectivity index is 1.72. The molecule has 26 heavy (non-hydrogen) atoms. The molecule has 3 aromatic rings. The number of amides is 1. The number of aryl methyl sites for hydroxylation is 2. The smallest absolute Gasteiger partial charge is 0.278 e. The zero-order valence-electron chi connectivity index (χ0n) is 15.0. The molecule has 0 aliphatic carbocycles. The number of rotatable bonds is 5. The number of hydrogen-bond donors (Lipinski definition) is 0. The van der Waals surface area contributed by atoms with Gasteiger partial charge in [-0.05, 0) is 50.5 Å². The van der Waals surface area contributed by atoms with Crippen molar-refractivity contribution in [3.63, 3.8) is 0 Å². The molecule has 3 heterocycles. The Morgan fingerprint density at radius 2 is 2.31 bits per heavy atom.